The number of nitrogens with one attached hydrogen (secondary N) is 2. The number of hydrogen-bond acceptors (Lipinski definition) is 6. The summed E-state index contributed by atoms with van der Waals surface area (Å²) in [5.74, 6) is -0.0406. The van der Waals surface area contributed by atoms with Gasteiger partial charge in [-0.15, -0.1) is 10.2 Å². The summed E-state index contributed by atoms with van der Waals surface area (Å²) >= 11 is 0. The summed E-state index contributed by atoms with van der Waals surface area (Å²) in [5.41, 5.74) is 2.92. The van der Waals surface area contributed by atoms with Crippen molar-refractivity contribution in [3.05, 3.63) is 29.1 Å². The first-order valence-corrected chi connectivity index (χ1v) is 9.78. The molecule has 0 bridgehead atoms. The minimum atomic E-state index is -4.51. The van der Waals surface area contributed by atoms with Gasteiger partial charge in [0.05, 0.1) is 17.9 Å². The molecule has 27 heavy (non-hydrogen) atoms. The summed E-state index contributed by atoms with van der Waals surface area (Å²) in [6.45, 7) is 5.87. The van der Waals surface area contributed by atoms with Gasteiger partial charge in [-0.25, -0.2) is 17.8 Å². The van der Waals surface area contributed by atoms with Gasteiger partial charge < -0.3 is 5.32 Å². The quantitative estimate of drug-likeness (QED) is 0.649. The summed E-state index contributed by atoms with van der Waals surface area (Å²) in [5, 5.41) is 15.3. The van der Waals surface area contributed by atoms with E-state index in [0.29, 0.717) is 11.6 Å². The van der Waals surface area contributed by atoms with Crippen molar-refractivity contribution in [3.63, 3.8) is 0 Å². The van der Waals surface area contributed by atoms with Crippen LogP contribution in [0.1, 0.15) is 23.4 Å². The predicted octanol–water partition coefficient (Wildman–Crippen LogP) is 1.87. The topological polar surface area (TPSA) is 102 Å². The summed E-state index contributed by atoms with van der Waals surface area (Å²) in [6, 6.07) is 3.37. The Kier molecular flexibility index (Phi) is 6.42. The van der Waals surface area contributed by atoms with E-state index in [9.17, 15) is 21.6 Å². The second-order valence-electron chi connectivity index (χ2n) is 5.99. The van der Waals surface area contributed by atoms with Crippen LogP contribution in [0.25, 0.3) is 5.82 Å². The van der Waals surface area contributed by atoms with Crippen molar-refractivity contribution in [2.24, 2.45) is 0 Å². The van der Waals surface area contributed by atoms with Crippen molar-refractivity contribution >= 4 is 15.8 Å². The number of alkyl halides is 3. The van der Waals surface area contributed by atoms with Gasteiger partial charge in [0.1, 0.15) is 5.82 Å². The van der Waals surface area contributed by atoms with Crippen LogP contribution in [0, 0.1) is 20.8 Å². The molecule has 2 rings (SSSR count). The SMILES string of the molecule is Cc1nn(-c2ccc(NCCNS(=O)(=O)CCC(F)(F)F)nn2)c(C)c1C. The highest BCUT2D eigenvalue weighted by atomic mass is 32.2. The van der Waals surface area contributed by atoms with E-state index >= 15 is 0 Å². The summed E-state index contributed by atoms with van der Waals surface area (Å²) in [6.07, 6.45) is -5.89. The molecule has 2 aromatic heterocycles. The fourth-order valence-corrected chi connectivity index (χ4v) is 3.25. The second-order valence-corrected chi connectivity index (χ2v) is 7.92. The third-order valence-corrected chi connectivity index (χ3v) is 5.31. The Balaban J connectivity index is 1.84. The molecule has 0 radical (unpaired) electrons. The summed E-state index contributed by atoms with van der Waals surface area (Å²) < 4.78 is 62.9. The summed E-state index contributed by atoms with van der Waals surface area (Å²) in [7, 11) is -3.98. The number of rotatable bonds is 8. The van der Waals surface area contributed by atoms with Crippen LogP contribution in [0.4, 0.5) is 19.0 Å². The number of anilines is 1. The Morgan fingerprint density at radius 3 is 2.33 bits per heavy atom. The minimum absolute atomic E-state index is 0.0692. The lowest BCUT2D eigenvalue weighted by molar-refractivity contribution is -0.129. The number of halogens is 3. The van der Waals surface area contributed by atoms with Crippen molar-refractivity contribution in [2.75, 3.05) is 24.2 Å². The zero-order valence-electron chi connectivity index (χ0n) is 15.1. The largest absolute Gasteiger partial charge is 0.390 e. The van der Waals surface area contributed by atoms with E-state index in [2.05, 4.69) is 25.3 Å². The number of aryl methyl sites for hydroxylation is 1. The van der Waals surface area contributed by atoms with Gasteiger partial charge in [-0.05, 0) is 38.5 Å². The van der Waals surface area contributed by atoms with Crippen LogP contribution in [-0.2, 0) is 10.0 Å². The maximum absolute atomic E-state index is 12.1. The molecule has 0 saturated carbocycles. The van der Waals surface area contributed by atoms with Crippen molar-refractivity contribution < 1.29 is 21.6 Å². The molecular formula is C15H21F3N6O2S. The van der Waals surface area contributed by atoms with Crippen LogP contribution < -0.4 is 10.0 Å². The molecule has 0 aliphatic carbocycles. The maximum Gasteiger partial charge on any atom is 0.390 e. The third-order valence-electron chi connectivity index (χ3n) is 3.93. The molecular weight excluding hydrogens is 385 g/mol. The van der Waals surface area contributed by atoms with Crippen molar-refractivity contribution in [1.29, 1.82) is 0 Å². The minimum Gasteiger partial charge on any atom is -0.367 e. The first-order valence-electron chi connectivity index (χ1n) is 8.13. The van der Waals surface area contributed by atoms with Crippen LogP contribution in [0.2, 0.25) is 0 Å². The first kappa shape index (κ1) is 21.1. The summed E-state index contributed by atoms with van der Waals surface area (Å²) in [4.78, 5) is 0. The highest BCUT2D eigenvalue weighted by molar-refractivity contribution is 7.89. The van der Waals surface area contributed by atoms with Gasteiger partial charge >= 0.3 is 6.18 Å². The highest BCUT2D eigenvalue weighted by Gasteiger charge is 2.29. The number of aromatic nitrogens is 4. The molecule has 150 valence electrons. The van der Waals surface area contributed by atoms with Gasteiger partial charge in [-0.2, -0.15) is 18.3 Å². The van der Waals surface area contributed by atoms with Gasteiger partial charge in [0, 0.05) is 18.8 Å². The fourth-order valence-electron chi connectivity index (χ4n) is 2.20. The van der Waals surface area contributed by atoms with Crippen LogP contribution >= 0.6 is 0 Å². The lowest BCUT2D eigenvalue weighted by atomic mass is 10.2. The van der Waals surface area contributed by atoms with Gasteiger partial charge in [0.25, 0.3) is 0 Å². The molecule has 0 atom stereocenters. The number of sulfonamides is 1. The second kappa shape index (κ2) is 8.21. The molecule has 0 aliphatic heterocycles. The Bertz CT molecular complexity index is 878. The Labute approximate surface area is 155 Å². The Morgan fingerprint density at radius 2 is 1.81 bits per heavy atom. The molecule has 8 nitrogen and oxygen atoms in total. The highest BCUT2D eigenvalue weighted by Crippen LogP contribution is 2.19. The monoisotopic (exact) mass is 406 g/mol. The lowest BCUT2D eigenvalue weighted by Crippen LogP contribution is -2.32. The van der Waals surface area contributed by atoms with Crippen molar-refractivity contribution in [3.8, 4) is 5.82 Å². The van der Waals surface area contributed by atoms with Crippen LogP contribution in [0.3, 0.4) is 0 Å². The zero-order chi connectivity index (χ0) is 20.2. The lowest BCUT2D eigenvalue weighted by Gasteiger charge is -2.10. The molecule has 2 heterocycles. The zero-order valence-corrected chi connectivity index (χ0v) is 15.9. The average Bonchev–Trinajstić information content (AvgIpc) is 2.85. The molecule has 0 aliphatic rings. The molecule has 12 heteroatoms. The van der Waals surface area contributed by atoms with E-state index in [-0.39, 0.29) is 13.1 Å². The van der Waals surface area contributed by atoms with Gasteiger partial charge in [-0.1, -0.05) is 0 Å². The van der Waals surface area contributed by atoms with E-state index in [0.717, 1.165) is 17.0 Å². The van der Waals surface area contributed by atoms with Crippen LogP contribution in [0.5, 0.6) is 0 Å². The van der Waals surface area contributed by atoms with Crippen LogP contribution in [-0.4, -0.2) is 53.4 Å². The fraction of sp³-hybridized carbons (Fsp3) is 0.533. The van der Waals surface area contributed by atoms with Gasteiger partial charge in [0.2, 0.25) is 10.0 Å². The molecule has 0 spiro atoms. The number of hydrogen-bond donors (Lipinski definition) is 2. The van der Waals surface area contributed by atoms with E-state index < -0.39 is 28.4 Å². The van der Waals surface area contributed by atoms with Gasteiger partial charge in [-0.3, -0.25) is 0 Å². The van der Waals surface area contributed by atoms with E-state index in [1.807, 2.05) is 20.8 Å². The molecule has 0 aromatic carbocycles. The smallest absolute Gasteiger partial charge is 0.367 e. The molecule has 0 saturated heterocycles. The van der Waals surface area contributed by atoms with Gasteiger partial charge in [0.15, 0.2) is 5.82 Å². The normalized spacial score (nSPS) is 12.4. The first-order chi connectivity index (χ1) is 12.5. The van der Waals surface area contributed by atoms with Crippen molar-refractivity contribution in [1.82, 2.24) is 24.7 Å². The molecule has 0 fully saturated rings. The third kappa shape index (κ3) is 6.17. The van der Waals surface area contributed by atoms with Crippen molar-refractivity contribution in [2.45, 2.75) is 33.4 Å². The van der Waals surface area contributed by atoms with E-state index in [1.54, 1.807) is 16.8 Å². The predicted molar refractivity (Wildman–Crippen MR) is 94.3 cm³/mol. The molecule has 0 amide bonds. The molecule has 0 unspecified atom stereocenters. The number of nitrogens with zero attached hydrogens (tertiary/aromatic N) is 4. The standard InChI is InChI=1S/C15H21F3N6O2S/c1-10-11(2)23-24(12(10)3)14-5-4-13(21-22-14)19-7-8-20-27(25,26)9-6-15(16,17)18/h4-5,20H,6-9H2,1-3H3,(H,19,21). The maximum atomic E-state index is 12.1. The average molecular weight is 406 g/mol. The molecule has 2 aromatic rings. The van der Waals surface area contributed by atoms with Crippen LogP contribution in [0.15, 0.2) is 12.1 Å². The van der Waals surface area contributed by atoms with E-state index in [1.165, 1.54) is 0 Å². The Morgan fingerprint density at radius 1 is 1.11 bits per heavy atom. The molecule has 2 N–H and O–H groups in total. The Hall–Kier alpha value is -2.21. The van der Waals surface area contributed by atoms with E-state index in [4.69, 9.17) is 0 Å².